The molecule has 2 fully saturated rings. The van der Waals surface area contributed by atoms with E-state index in [-0.39, 0.29) is 24.7 Å². The van der Waals surface area contributed by atoms with Gasteiger partial charge in [-0.15, -0.1) is 0 Å². The first-order valence-corrected chi connectivity index (χ1v) is 8.28. The van der Waals surface area contributed by atoms with Crippen LogP contribution in [0.1, 0.15) is 12.0 Å². The van der Waals surface area contributed by atoms with E-state index in [1.807, 2.05) is 4.90 Å². The molecule has 1 aromatic heterocycles. The first-order chi connectivity index (χ1) is 11.8. The van der Waals surface area contributed by atoms with E-state index < -0.39 is 30.1 Å². The minimum absolute atomic E-state index is 0.0895. The summed E-state index contributed by atoms with van der Waals surface area (Å²) in [6.45, 7) is 2.00. The molecular weight excluding hydrogens is 339 g/mol. The number of halogens is 3. The highest BCUT2D eigenvalue weighted by atomic mass is 19.4. The Balaban J connectivity index is 1.63. The largest absolute Gasteiger partial charge is 0.418 e. The molecule has 9 heteroatoms. The maximum Gasteiger partial charge on any atom is 0.418 e. The SMILES string of the molecule is OC1CN(C[C@H]2CCN(c3cnccc3C(F)(F)F)C2)CC(O)C1O. The lowest BCUT2D eigenvalue weighted by Crippen LogP contribution is -2.56. The molecule has 6 nitrogen and oxygen atoms in total. The zero-order valence-corrected chi connectivity index (χ0v) is 13.6. The van der Waals surface area contributed by atoms with Gasteiger partial charge < -0.3 is 20.2 Å². The first kappa shape index (κ1) is 18.4. The van der Waals surface area contributed by atoms with E-state index in [9.17, 15) is 28.5 Å². The van der Waals surface area contributed by atoms with Crippen molar-refractivity contribution in [2.75, 3.05) is 37.6 Å². The van der Waals surface area contributed by atoms with Crippen LogP contribution < -0.4 is 4.90 Å². The van der Waals surface area contributed by atoms with Crippen molar-refractivity contribution in [3.8, 4) is 0 Å². The topological polar surface area (TPSA) is 80.1 Å². The first-order valence-electron chi connectivity index (χ1n) is 8.28. The summed E-state index contributed by atoms with van der Waals surface area (Å²) in [4.78, 5) is 7.36. The second-order valence-electron chi connectivity index (χ2n) is 6.84. The zero-order valence-electron chi connectivity index (χ0n) is 13.6. The van der Waals surface area contributed by atoms with Crippen LogP contribution in [0.4, 0.5) is 18.9 Å². The van der Waals surface area contributed by atoms with Crippen molar-refractivity contribution in [2.24, 2.45) is 5.92 Å². The molecule has 0 radical (unpaired) electrons. The predicted molar refractivity (Wildman–Crippen MR) is 84.0 cm³/mol. The van der Waals surface area contributed by atoms with Crippen molar-refractivity contribution >= 4 is 5.69 Å². The average molecular weight is 361 g/mol. The Hall–Kier alpha value is -1.42. The lowest BCUT2D eigenvalue weighted by Gasteiger charge is -2.38. The van der Waals surface area contributed by atoms with Gasteiger partial charge in [0.2, 0.25) is 0 Å². The summed E-state index contributed by atoms with van der Waals surface area (Å²) < 4.78 is 39.5. The van der Waals surface area contributed by atoms with Crippen LogP contribution in [-0.4, -0.2) is 76.2 Å². The summed E-state index contributed by atoms with van der Waals surface area (Å²) in [5.41, 5.74) is -0.596. The number of hydrogen-bond acceptors (Lipinski definition) is 6. The predicted octanol–water partition coefficient (Wildman–Crippen LogP) is 0.325. The molecule has 1 aromatic rings. The number of aliphatic hydroxyl groups excluding tert-OH is 3. The quantitative estimate of drug-likeness (QED) is 0.720. The molecule has 25 heavy (non-hydrogen) atoms. The number of aliphatic hydroxyl groups is 3. The number of nitrogens with zero attached hydrogens (tertiary/aromatic N) is 3. The summed E-state index contributed by atoms with van der Waals surface area (Å²) in [7, 11) is 0. The molecule has 2 saturated heterocycles. The van der Waals surface area contributed by atoms with Crippen molar-refractivity contribution in [2.45, 2.75) is 30.9 Å². The molecule has 2 unspecified atom stereocenters. The normalized spacial score (nSPS) is 31.5. The van der Waals surface area contributed by atoms with Gasteiger partial charge in [-0.05, 0) is 18.4 Å². The van der Waals surface area contributed by atoms with Gasteiger partial charge in [0.25, 0.3) is 0 Å². The molecule has 0 saturated carbocycles. The molecule has 0 aliphatic carbocycles. The Kier molecular flexibility index (Phi) is 5.19. The smallest absolute Gasteiger partial charge is 0.389 e. The van der Waals surface area contributed by atoms with Gasteiger partial charge in [0.05, 0.1) is 29.7 Å². The number of aromatic nitrogens is 1. The Morgan fingerprint density at radius 3 is 2.44 bits per heavy atom. The monoisotopic (exact) mass is 361 g/mol. The molecule has 0 spiro atoms. The van der Waals surface area contributed by atoms with Crippen LogP contribution in [0, 0.1) is 5.92 Å². The second kappa shape index (κ2) is 7.06. The van der Waals surface area contributed by atoms with Crippen LogP contribution in [-0.2, 0) is 6.18 Å². The number of likely N-dealkylation sites (tertiary alicyclic amines) is 1. The molecule has 3 atom stereocenters. The van der Waals surface area contributed by atoms with Crippen LogP contribution in [0.2, 0.25) is 0 Å². The molecule has 2 aliphatic heterocycles. The zero-order chi connectivity index (χ0) is 18.2. The molecule has 2 aliphatic rings. The fraction of sp³-hybridized carbons (Fsp3) is 0.688. The van der Waals surface area contributed by atoms with Gasteiger partial charge in [-0.1, -0.05) is 0 Å². The molecule has 0 amide bonds. The minimum Gasteiger partial charge on any atom is -0.389 e. The Bertz CT molecular complexity index is 589. The average Bonchev–Trinajstić information content (AvgIpc) is 3.00. The summed E-state index contributed by atoms with van der Waals surface area (Å²) in [5, 5.41) is 29.1. The standard InChI is InChI=1S/C16H22F3N3O3/c17-16(18,19)11-1-3-20-5-12(11)22-4-2-10(7-22)6-21-8-13(23)15(25)14(24)9-21/h1,3,5,10,13-15,23-25H,2,4,6-9H2/t10-,13?,14?,15?/m1/s1. The number of rotatable bonds is 3. The third-order valence-electron chi connectivity index (χ3n) is 4.93. The lowest BCUT2D eigenvalue weighted by atomic mass is 10.00. The van der Waals surface area contributed by atoms with Crippen LogP contribution in [0.3, 0.4) is 0 Å². The molecular formula is C16H22F3N3O3. The third kappa shape index (κ3) is 4.05. The van der Waals surface area contributed by atoms with Crippen LogP contribution in [0.15, 0.2) is 18.5 Å². The van der Waals surface area contributed by atoms with Gasteiger partial charge in [-0.25, -0.2) is 0 Å². The second-order valence-corrected chi connectivity index (χ2v) is 6.84. The summed E-state index contributed by atoms with van der Waals surface area (Å²) >= 11 is 0. The molecule has 140 valence electrons. The minimum atomic E-state index is -4.42. The highest BCUT2D eigenvalue weighted by molar-refractivity contribution is 5.53. The highest BCUT2D eigenvalue weighted by Gasteiger charge is 2.38. The van der Waals surface area contributed by atoms with Gasteiger partial charge >= 0.3 is 6.18 Å². The lowest BCUT2D eigenvalue weighted by molar-refractivity contribution is -0.137. The highest BCUT2D eigenvalue weighted by Crippen LogP contribution is 2.37. The number of anilines is 1. The fourth-order valence-electron chi connectivity index (χ4n) is 3.67. The Labute approximate surface area is 143 Å². The van der Waals surface area contributed by atoms with Crippen molar-refractivity contribution in [3.63, 3.8) is 0 Å². The van der Waals surface area contributed by atoms with E-state index in [1.54, 1.807) is 4.90 Å². The van der Waals surface area contributed by atoms with Crippen LogP contribution in [0.25, 0.3) is 0 Å². The van der Waals surface area contributed by atoms with Crippen LogP contribution in [0.5, 0.6) is 0 Å². The van der Waals surface area contributed by atoms with Gasteiger partial charge in [-0.3, -0.25) is 9.88 Å². The number of piperidine rings is 1. The molecule has 0 aromatic carbocycles. The van der Waals surface area contributed by atoms with Crippen molar-refractivity contribution in [3.05, 3.63) is 24.0 Å². The number of alkyl halides is 3. The fourth-order valence-corrected chi connectivity index (χ4v) is 3.67. The molecule has 3 heterocycles. The van der Waals surface area contributed by atoms with Crippen molar-refractivity contribution in [1.82, 2.24) is 9.88 Å². The van der Waals surface area contributed by atoms with E-state index in [0.29, 0.717) is 19.6 Å². The number of β-amino-alcohol motifs (C(OH)–C–C–N with tert-alkyl or cyclic N) is 2. The Morgan fingerprint density at radius 1 is 1.12 bits per heavy atom. The molecule has 3 N–H and O–H groups in total. The van der Waals surface area contributed by atoms with Gasteiger partial charge in [-0.2, -0.15) is 13.2 Å². The third-order valence-corrected chi connectivity index (χ3v) is 4.93. The van der Waals surface area contributed by atoms with E-state index in [4.69, 9.17) is 0 Å². The molecule has 3 rings (SSSR count). The van der Waals surface area contributed by atoms with E-state index in [1.165, 1.54) is 6.20 Å². The van der Waals surface area contributed by atoms with Crippen molar-refractivity contribution in [1.29, 1.82) is 0 Å². The van der Waals surface area contributed by atoms with Gasteiger partial charge in [0, 0.05) is 38.9 Å². The van der Waals surface area contributed by atoms with Gasteiger partial charge in [0.15, 0.2) is 0 Å². The number of hydrogen-bond donors (Lipinski definition) is 3. The molecule has 0 bridgehead atoms. The summed E-state index contributed by atoms with van der Waals surface area (Å²) in [6.07, 6.45) is -4.50. The maximum atomic E-state index is 13.2. The van der Waals surface area contributed by atoms with E-state index in [0.717, 1.165) is 18.7 Å². The van der Waals surface area contributed by atoms with Gasteiger partial charge in [0.1, 0.15) is 6.10 Å². The summed E-state index contributed by atoms with van der Waals surface area (Å²) in [5.74, 6) is 0.121. The van der Waals surface area contributed by atoms with E-state index >= 15 is 0 Å². The van der Waals surface area contributed by atoms with Crippen molar-refractivity contribution < 1.29 is 28.5 Å². The van der Waals surface area contributed by atoms with E-state index in [2.05, 4.69) is 4.98 Å². The van der Waals surface area contributed by atoms with Crippen LogP contribution >= 0.6 is 0 Å². The maximum absolute atomic E-state index is 13.2. The Morgan fingerprint density at radius 2 is 1.80 bits per heavy atom. The number of pyridine rings is 1. The summed E-state index contributed by atoms with van der Waals surface area (Å²) in [6, 6.07) is 0.987.